The van der Waals surface area contributed by atoms with E-state index in [1.807, 2.05) is 10.9 Å². The van der Waals surface area contributed by atoms with Crippen molar-refractivity contribution in [1.82, 2.24) is 16.3 Å². The second-order valence-corrected chi connectivity index (χ2v) is 1.97. The molecule has 7 nitrogen and oxygen atoms in total. The summed E-state index contributed by atoms with van der Waals surface area (Å²) in [5.74, 6) is 3.03. The van der Waals surface area contributed by atoms with Crippen LogP contribution in [0.3, 0.4) is 0 Å². The normalized spacial score (nSPS) is 8.50. The van der Waals surface area contributed by atoms with E-state index in [2.05, 4.69) is 0 Å². The first-order valence-corrected chi connectivity index (χ1v) is 3.11. The minimum Gasteiger partial charge on any atom is -0.294 e. The van der Waals surface area contributed by atoms with Crippen LogP contribution in [0.25, 0.3) is 0 Å². The van der Waals surface area contributed by atoms with Gasteiger partial charge in [0, 0.05) is 6.92 Å². The molecule has 0 saturated heterocycles. The Labute approximate surface area is 68.6 Å². The maximum absolute atomic E-state index is 10.7. The number of hydrogen-bond donors (Lipinski definition) is 4. The zero-order chi connectivity index (χ0) is 9.56. The van der Waals surface area contributed by atoms with Crippen molar-refractivity contribution in [2.45, 2.75) is 13.3 Å². The fourth-order valence-corrected chi connectivity index (χ4v) is 0.399. The molecule has 0 bridgehead atoms. The average molecular weight is 174 g/mol. The molecule has 0 aliphatic heterocycles. The third-order valence-electron chi connectivity index (χ3n) is 0.860. The van der Waals surface area contributed by atoms with Crippen molar-refractivity contribution in [2.75, 3.05) is 0 Å². The first kappa shape index (κ1) is 10.4. The van der Waals surface area contributed by atoms with Gasteiger partial charge in [0.2, 0.25) is 17.7 Å². The highest BCUT2D eigenvalue weighted by Crippen LogP contribution is 1.75. The number of hydrazine groups is 2. The van der Waals surface area contributed by atoms with Gasteiger partial charge in [-0.25, -0.2) is 5.84 Å². The molecule has 0 radical (unpaired) electrons. The highest BCUT2D eigenvalue weighted by atomic mass is 16.2. The smallest absolute Gasteiger partial charge is 0.247 e. The van der Waals surface area contributed by atoms with E-state index in [0.717, 1.165) is 0 Å². The van der Waals surface area contributed by atoms with Crippen LogP contribution in [0.5, 0.6) is 0 Å². The van der Waals surface area contributed by atoms with Crippen LogP contribution >= 0.6 is 0 Å². The lowest BCUT2D eigenvalue weighted by Gasteiger charge is -2.03. The molecule has 0 unspecified atom stereocenters. The van der Waals surface area contributed by atoms with Crippen molar-refractivity contribution in [2.24, 2.45) is 5.84 Å². The Kier molecular flexibility index (Phi) is 4.39. The number of amides is 3. The third-order valence-corrected chi connectivity index (χ3v) is 0.860. The van der Waals surface area contributed by atoms with Crippen LogP contribution in [-0.2, 0) is 14.4 Å². The summed E-state index contributed by atoms with van der Waals surface area (Å²) in [6.07, 6.45) is -0.420. The SMILES string of the molecule is CC(=O)NNC(=O)CC(=O)NN. The summed E-state index contributed by atoms with van der Waals surface area (Å²) in [6, 6.07) is 0. The van der Waals surface area contributed by atoms with Crippen LogP contribution in [0.4, 0.5) is 0 Å². The Morgan fingerprint density at radius 3 is 2.17 bits per heavy atom. The largest absolute Gasteiger partial charge is 0.294 e. The van der Waals surface area contributed by atoms with E-state index in [1.54, 1.807) is 5.43 Å². The Balaban J connectivity index is 3.60. The average Bonchev–Trinajstić information content (AvgIpc) is 2.00. The number of nitrogens with one attached hydrogen (secondary N) is 3. The van der Waals surface area contributed by atoms with E-state index < -0.39 is 24.1 Å². The quantitative estimate of drug-likeness (QED) is 0.161. The van der Waals surface area contributed by atoms with E-state index >= 15 is 0 Å². The first-order valence-electron chi connectivity index (χ1n) is 3.11. The van der Waals surface area contributed by atoms with Crippen molar-refractivity contribution in [3.8, 4) is 0 Å². The van der Waals surface area contributed by atoms with Crippen LogP contribution in [-0.4, -0.2) is 17.7 Å². The molecule has 0 spiro atoms. The van der Waals surface area contributed by atoms with Crippen LogP contribution in [0, 0.1) is 0 Å². The van der Waals surface area contributed by atoms with Gasteiger partial charge in [-0.15, -0.1) is 0 Å². The molecular weight excluding hydrogens is 164 g/mol. The molecule has 0 fully saturated rings. The molecular formula is C5H10N4O3. The summed E-state index contributed by atoms with van der Waals surface area (Å²) in [5, 5.41) is 0. The maximum Gasteiger partial charge on any atom is 0.247 e. The predicted octanol–water partition coefficient (Wildman–Crippen LogP) is -2.47. The summed E-state index contributed by atoms with van der Waals surface area (Å²) in [6.45, 7) is 1.23. The van der Waals surface area contributed by atoms with E-state index in [9.17, 15) is 14.4 Å². The highest BCUT2D eigenvalue weighted by Gasteiger charge is 2.06. The van der Waals surface area contributed by atoms with E-state index in [1.165, 1.54) is 6.92 Å². The van der Waals surface area contributed by atoms with Gasteiger partial charge in [0.1, 0.15) is 6.42 Å². The number of carbonyl (C=O) groups is 3. The first-order chi connectivity index (χ1) is 5.56. The van der Waals surface area contributed by atoms with Gasteiger partial charge in [-0.1, -0.05) is 0 Å². The molecule has 0 aromatic carbocycles. The fraction of sp³-hybridized carbons (Fsp3) is 0.400. The van der Waals surface area contributed by atoms with Gasteiger partial charge in [-0.2, -0.15) is 0 Å². The minimum absolute atomic E-state index is 0.420. The number of nitrogens with two attached hydrogens (primary N) is 1. The molecule has 0 aliphatic carbocycles. The van der Waals surface area contributed by atoms with Gasteiger partial charge in [-0.05, 0) is 0 Å². The van der Waals surface area contributed by atoms with Crippen LogP contribution in [0.15, 0.2) is 0 Å². The molecule has 0 aromatic rings. The fourth-order valence-electron chi connectivity index (χ4n) is 0.399. The molecule has 3 amide bonds. The van der Waals surface area contributed by atoms with Crippen molar-refractivity contribution in [3.05, 3.63) is 0 Å². The molecule has 0 heterocycles. The molecule has 68 valence electrons. The van der Waals surface area contributed by atoms with Gasteiger partial charge in [0.25, 0.3) is 0 Å². The molecule has 0 aliphatic rings. The van der Waals surface area contributed by atoms with Crippen molar-refractivity contribution >= 4 is 17.7 Å². The minimum atomic E-state index is -0.631. The third kappa shape index (κ3) is 5.18. The number of rotatable bonds is 2. The van der Waals surface area contributed by atoms with Gasteiger partial charge in [-0.3, -0.25) is 30.7 Å². The van der Waals surface area contributed by atoms with Crippen molar-refractivity contribution < 1.29 is 14.4 Å². The molecule has 0 atom stereocenters. The summed E-state index contributed by atoms with van der Waals surface area (Å²) in [5.41, 5.74) is 5.78. The Bertz CT molecular complexity index is 203. The number of carbonyl (C=O) groups excluding carboxylic acids is 3. The zero-order valence-electron chi connectivity index (χ0n) is 6.51. The second kappa shape index (κ2) is 5.08. The molecule has 12 heavy (non-hydrogen) atoms. The summed E-state index contributed by atoms with van der Waals surface area (Å²) in [7, 11) is 0. The molecule has 5 N–H and O–H groups in total. The lowest BCUT2D eigenvalue weighted by molar-refractivity contribution is -0.132. The summed E-state index contributed by atoms with van der Waals surface area (Å²) < 4.78 is 0. The molecule has 0 aromatic heterocycles. The van der Waals surface area contributed by atoms with Gasteiger partial charge >= 0.3 is 0 Å². The van der Waals surface area contributed by atoms with Crippen molar-refractivity contribution in [1.29, 1.82) is 0 Å². The van der Waals surface area contributed by atoms with Crippen molar-refractivity contribution in [3.63, 3.8) is 0 Å². The molecule has 0 saturated carbocycles. The second-order valence-electron chi connectivity index (χ2n) is 1.97. The Morgan fingerprint density at radius 2 is 1.75 bits per heavy atom. The number of hydrogen-bond acceptors (Lipinski definition) is 4. The predicted molar refractivity (Wildman–Crippen MR) is 38.9 cm³/mol. The van der Waals surface area contributed by atoms with Gasteiger partial charge < -0.3 is 0 Å². The lowest BCUT2D eigenvalue weighted by atomic mass is 10.4. The topological polar surface area (TPSA) is 113 Å². The summed E-state index contributed by atoms with van der Waals surface area (Å²) >= 11 is 0. The zero-order valence-corrected chi connectivity index (χ0v) is 6.51. The van der Waals surface area contributed by atoms with E-state index in [4.69, 9.17) is 5.84 Å². The van der Waals surface area contributed by atoms with Crippen LogP contribution < -0.4 is 22.1 Å². The molecule has 7 heteroatoms. The van der Waals surface area contributed by atoms with Gasteiger partial charge in [0.15, 0.2) is 0 Å². The Morgan fingerprint density at radius 1 is 1.17 bits per heavy atom. The van der Waals surface area contributed by atoms with E-state index in [0.29, 0.717) is 0 Å². The van der Waals surface area contributed by atoms with E-state index in [-0.39, 0.29) is 0 Å². The highest BCUT2D eigenvalue weighted by molar-refractivity contribution is 5.97. The Hall–Kier alpha value is -1.63. The van der Waals surface area contributed by atoms with Crippen LogP contribution in [0.1, 0.15) is 13.3 Å². The maximum atomic E-state index is 10.7. The monoisotopic (exact) mass is 174 g/mol. The summed E-state index contributed by atoms with van der Waals surface area (Å²) in [4.78, 5) is 31.4. The van der Waals surface area contributed by atoms with Crippen LogP contribution in [0.2, 0.25) is 0 Å². The molecule has 0 rings (SSSR count). The van der Waals surface area contributed by atoms with Gasteiger partial charge in [0.05, 0.1) is 0 Å². The standard InChI is InChI=1S/C5H10N4O3/c1-3(10)8-9-5(12)2-4(11)7-6/h2,6H2,1H3,(H,7,11)(H,8,10)(H,9,12). The lowest BCUT2D eigenvalue weighted by Crippen LogP contribution is -2.43.